The number of hydrogen-bond donors (Lipinski definition) is 1. The van der Waals surface area contributed by atoms with Gasteiger partial charge in [0, 0.05) is 6.54 Å². The van der Waals surface area contributed by atoms with Crippen molar-refractivity contribution in [3.8, 4) is 0 Å². The zero-order valence-electron chi connectivity index (χ0n) is 10.2. The van der Waals surface area contributed by atoms with Gasteiger partial charge >= 0.3 is 0 Å². The monoisotopic (exact) mass is 206 g/mol. The molecule has 0 heterocycles. The van der Waals surface area contributed by atoms with E-state index in [-0.39, 0.29) is 5.54 Å². The van der Waals surface area contributed by atoms with Crippen LogP contribution >= 0.6 is 0 Å². The van der Waals surface area contributed by atoms with Crippen LogP contribution in [0.4, 0.5) is 0 Å². The van der Waals surface area contributed by atoms with Gasteiger partial charge < -0.3 is 5.32 Å². The Morgan fingerprint density at radius 2 is 1.80 bits per heavy atom. The van der Waals surface area contributed by atoms with Gasteiger partial charge in [0.25, 0.3) is 0 Å². The highest BCUT2D eigenvalue weighted by molar-refractivity contribution is 5.24. The van der Waals surface area contributed by atoms with Crippen LogP contribution < -0.4 is 5.32 Å². The fraction of sp³-hybridized carbons (Fsp3) is 0.538. The van der Waals surface area contributed by atoms with E-state index in [1.807, 2.05) is 0 Å². The van der Waals surface area contributed by atoms with Crippen LogP contribution in [0.25, 0.3) is 0 Å². The minimum Gasteiger partial charge on any atom is -0.315 e. The van der Waals surface area contributed by atoms with Gasteiger partial charge in [0.05, 0.1) is 5.54 Å². The van der Waals surface area contributed by atoms with Crippen LogP contribution in [0.3, 0.4) is 0 Å². The fourth-order valence-corrected chi connectivity index (χ4v) is 1.68. The maximum absolute atomic E-state index is 3.43. The van der Waals surface area contributed by atoms with Crippen LogP contribution in [0.5, 0.6) is 0 Å². The third kappa shape index (κ3) is 2.80. The summed E-state index contributed by atoms with van der Waals surface area (Å²) in [5, 5.41) is 3.43. The van der Waals surface area contributed by atoms with E-state index in [4.69, 9.17) is 0 Å². The van der Waals surface area contributed by atoms with E-state index >= 15 is 0 Å². The zero-order valence-corrected chi connectivity index (χ0v) is 10.2. The lowest BCUT2D eigenvalue weighted by Gasteiger charge is -2.37. The topological polar surface area (TPSA) is 15.3 Å². The van der Waals surface area contributed by atoms with Crippen LogP contribution in [-0.2, 0) is 5.54 Å². The number of rotatable bonds is 5. The van der Waals surface area contributed by atoms with Crippen LogP contribution in [0.1, 0.15) is 19.4 Å². The van der Waals surface area contributed by atoms with Gasteiger partial charge in [0.2, 0.25) is 0 Å². The average Bonchev–Trinajstić information content (AvgIpc) is 2.27. The molecule has 1 aromatic carbocycles. The maximum Gasteiger partial charge on any atom is 0.0552 e. The van der Waals surface area contributed by atoms with Gasteiger partial charge in [-0.3, -0.25) is 4.90 Å². The first-order valence-corrected chi connectivity index (χ1v) is 5.55. The lowest BCUT2D eigenvalue weighted by molar-refractivity contribution is 0.170. The molecular weight excluding hydrogens is 184 g/mol. The Kier molecular flexibility index (Phi) is 4.30. The molecule has 1 aromatic rings. The van der Waals surface area contributed by atoms with Gasteiger partial charge in [-0.15, -0.1) is 0 Å². The molecule has 84 valence electrons. The van der Waals surface area contributed by atoms with Gasteiger partial charge in [-0.2, -0.15) is 0 Å². The van der Waals surface area contributed by atoms with Crippen molar-refractivity contribution in [2.75, 3.05) is 27.2 Å². The number of hydrogen-bond acceptors (Lipinski definition) is 2. The first-order valence-electron chi connectivity index (χ1n) is 5.55. The van der Waals surface area contributed by atoms with Crippen molar-refractivity contribution >= 4 is 0 Å². The predicted molar refractivity (Wildman–Crippen MR) is 66.0 cm³/mol. The molecule has 2 heteroatoms. The van der Waals surface area contributed by atoms with Crippen molar-refractivity contribution < 1.29 is 0 Å². The lowest BCUT2D eigenvalue weighted by atomic mass is 9.90. The molecule has 0 fully saturated rings. The Bertz CT molecular complexity index is 282. The summed E-state index contributed by atoms with van der Waals surface area (Å²) in [5.74, 6) is 0. The van der Waals surface area contributed by atoms with Gasteiger partial charge in [0.15, 0.2) is 0 Å². The smallest absolute Gasteiger partial charge is 0.0552 e. The predicted octanol–water partition coefficient (Wildman–Crippen LogP) is 2.07. The van der Waals surface area contributed by atoms with E-state index in [1.54, 1.807) is 0 Å². The Morgan fingerprint density at radius 1 is 1.20 bits per heavy atom. The molecule has 0 radical (unpaired) electrons. The summed E-state index contributed by atoms with van der Waals surface area (Å²) in [6.45, 7) is 6.39. The first-order chi connectivity index (χ1) is 7.11. The molecule has 0 amide bonds. The first kappa shape index (κ1) is 12.2. The van der Waals surface area contributed by atoms with Crippen molar-refractivity contribution in [3.05, 3.63) is 35.9 Å². The van der Waals surface area contributed by atoms with E-state index in [0.717, 1.165) is 13.1 Å². The Morgan fingerprint density at radius 3 is 2.27 bits per heavy atom. The fourth-order valence-electron chi connectivity index (χ4n) is 1.68. The highest BCUT2D eigenvalue weighted by Gasteiger charge is 2.27. The summed E-state index contributed by atoms with van der Waals surface area (Å²) in [7, 11) is 4.26. The molecule has 1 atom stereocenters. The van der Waals surface area contributed by atoms with Crippen LogP contribution in [0.15, 0.2) is 30.3 Å². The summed E-state index contributed by atoms with van der Waals surface area (Å²) in [6.07, 6.45) is 0. The van der Waals surface area contributed by atoms with Gasteiger partial charge in [-0.1, -0.05) is 37.3 Å². The second-order valence-electron chi connectivity index (χ2n) is 4.31. The second kappa shape index (κ2) is 5.29. The molecule has 0 aliphatic carbocycles. The van der Waals surface area contributed by atoms with Gasteiger partial charge in [-0.05, 0) is 33.1 Å². The molecule has 0 saturated heterocycles. The molecular formula is C13H22N2. The highest BCUT2D eigenvalue weighted by Crippen LogP contribution is 2.24. The minimum atomic E-state index is 0.0667. The van der Waals surface area contributed by atoms with E-state index in [9.17, 15) is 0 Å². The number of nitrogens with zero attached hydrogens (tertiary/aromatic N) is 1. The van der Waals surface area contributed by atoms with Crippen molar-refractivity contribution in [2.24, 2.45) is 0 Å². The standard InChI is InChI=1S/C13H22N2/c1-5-14-11-13(2,15(3)4)12-9-7-6-8-10-12/h6-10,14H,5,11H2,1-4H3. The lowest BCUT2D eigenvalue weighted by Crippen LogP contribution is -2.46. The largest absolute Gasteiger partial charge is 0.315 e. The molecule has 1 unspecified atom stereocenters. The summed E-state index contributed by atoms with van der Waals surface area (Å²) < 4.78 is 0. The van der Waals surface area contributed by atoms with Crippen molar-refractivity contribution in [1.29, 1.82) is 0 Å². The third-order valence-corrected chi connectivity index (χ3v) is 3.10. The van der Waals surface area contributed by atoms with E-state index in [0.29, 0.717) is 0 Å². The van der Waals surface area contributed by atoms with E-state index in [2.05, 4.69) is 68.5 Å². The summed E-state index contributed by atoms with van der Waals surface area (Å²) in [6, 6.07) is 10.6. The number of benzene rings is 1. The minimum absolute atomic E-state index is 0.0667. The SMILES string of the molecule is CCNCC(C)(c1ccccc1)N(C)C. The average molecular weight is 206 g/mol. The molecule has 1 N–H and O–H groups in total. The molecule has 0 bridgehead atoms. The molecule has 0 spiro atoms. The van der Waals surface area contributed by atoms with Gasteiger partial charge in [-0.25, -0.2) is 0 Å². The molecule has 15 heavy (non-hydrogen) atoms. The molecule has 2 nitrogen and oxygen atoms in total. The van der Waals surface area contributed by atoms with Crippen LogP contribution in [0.2, 0.25) is 0 Å². The molecule has 1 rings (SSSR count). The Hall–Kier alpha value is -0.860. The Balaban J connectivity index is 2.91. The zero-order chi connectivity index (χ0) is 11.3. The van der Waals surface area contributed by atoms with Crippen LogP contribution in [-0.4, -0.2) is 32.1 Å². The number of likely N-dealkylation sites (N-methyl/N-ethyl adjacent to an activating group) is 2. The molecule has 0 aromatic heterocycles. The summed E-state index contributed by atoms with van der Waals surface area (Å²) >= 11 is 0. The normalized spacial score (nSPS) is 15.3. The molecule has 0 aliphatic rings. The quantitative estimate of drug-likeness (QED) is 0.793. The Labute approximate surface area is 93.3 Å². The third-order valence-electron chi connectivity index (χ3n) is 3.10. The van der Waals surface area contributed by atoms with E-state index in [1.165, 1.54) is 5.56 Å². The highest BCUT2D eigenvalue weighted by atomic mass is 15.2. The summed E-state index contributed by atoms with van der Waals surface area (Å²) in [5.41, 5.74) is 1.42. The summed E-state index contributed by atoms with van der Waals surface area (Å²) in [4.78, 5) is 2.27. The second-order valence-corrected chi connectivity index (χ2v) is 4.31. The van der Waals surface area contributed by atoms with E-state index < -0.39 is 0 Å². The molecule has 0 aliphatic heterocycles. The van der Waals surface area contributed by atoms with Gasteiger partial charge in [0.1, 0.15) is 0 Å². The molecule has 0 saturated carbocycles. The number of nitrogens with one attached hydrogen (secondary N) is 1. The van der Waals surface area contributed by atoms with Crippen LogP contribution in [0, 0.1) is 0 Å². The van der Waals surface area contributed by atoms with Crippen molar-refractivity contribution in [1.82, 2.24) is 10.2 Å². The van der Waals surface area contributed by atoms with Crippen molar-refractivity contribution in [2.45, 2.75) is 19.4 Å². The van der Waals surface area contributed by atoms with Crippen molar-refractivity contribution in [3.63, 3.8) is 0 Å². The maximum atomic E-state index is 3.43.